The zero-order chi connectivity index (χ0) is 15.4. The summed E-state index contributed by atoms with van der Waals surface area (Å²) in [6, 6.07) is 16.3. The van der Waals surface area contributed by atoms with Crippen LogP contribution in [0.15, 0.2) is 47.4 Å². The van der Waals surface area contributed by atoms with E-state index in [4.69, 9.17) is 0 Å². The third-order valence-corrected chi connectivity index (χ3v) is 4.60. The Morgan fingerprint density at radius 3 is 1.86 bits per heavy atom. The molecule has 0 saturated heterocycles. The maximum atomic E-state index is 3.70. The number of thioether (sulfide) groups is 1. The standard InChI is InChI=1S/C19H25NS/c1-13-10-14(2)12-18(11-13)16(4)20-15(3)17-6-8-19(21-5)9-7-17/h6-12,15-16,20H,1-5H3. The minimum atomic E-state index is 0.344. The fraction of sp³-hybridized carbons (Fsp3) is 0.368. The van der Waals surface area contributed by atoms with E-state index in [0.29, 0.717) is 12.1 Å². The topological polar surface area (TPSA) is 12.0 Å². The van der Waals surface area contributed by atoms with Gasteiger partial charge in [0.25, 0.3) is 0 Å². The summed E-state index contributed by atoms with van der Waals surface area (Å²) >= 11 is 1.78. The third-order valence-electron chi connectivity index (χ3n) is 3.86. The Kier molecular flexibility index (Phi) is 5.49. The molecule has 0 bridgehead atoms. The van der Waals surface area contributed by atoms with Crippen LogP contribution < -0.4 is 5.32 Å². The summed E-state index contributed by atoms with van der Waals surface area (Å²) < 4.78 is 0. The van der Waals surface area contributed by atoms with Crippen LogP contribution in [0.25, 0.3) is 0 Å². The van der Waals surface area contributed by atoms with Crippen LogP contribution in [-0.4, -0.2) is 6.26 Å². The van der Waals surface area contributed by atoms with Crippen LogP contribution in [0.4, 0.5) is 0 Å². The molecule has 112 valence electrons. The van der Waals surface area contributed by atoms with Crippen molar-refractivity contribution in [3.05, 3.63) is 64.7 Å². The molecule has 2 atom stereocenters. The Morgan fingerprint density at radius 1 is 0.810 bits per heavy atom. The molecular formula is C19H25NS. The average Bonchev–Trinajstić information content (AvgIpc) is 2.46. The third kappa shape index (κ3) is 4.36. The lowest BCUT2D eigenvalue weighted by atomic mass is 10.0. The highest BCUT2D eigenvalue weighted by Crippen LogP contribution is 2.23. The molecule has 1 nitrogen and oxygen atoms in total. The molecule has 0 aromatic heterocycles. The molecule has 21 heavy (non-hydrogen) atoms. The highest BCUT2D eigenvalue weighted by Gasteiger charge is 2.11. The summed E-state index contributed by atoms with van der Waals surface area (Å²) in [7, 11) is 0. The molecular weight excluding hydrogens is 274 g/mol. The molecule has 0 spiro atoms. The molecule has 2 heteroatoms. The van der Waals surface area contributed by atoms with Gasteiger partial charge in [0, 0.05) is 17.0 Å². The zero-order valence-electron chi connectivity index (χ0n) is 13.6. The Hall–Kier alpha value is -1.25. The second-order valence-corrected chi connectivity index (χ2v) is 6.68. The smallest absolute Gasteiger partial charge is 0.0297 e. The van der Waals surface area contributed by atoms with Crippen LogP contribution in [0.5, 0.6) is 0 Å². The quantitative estimate of drug-likeness (QED) is 0.738. The predicted molar refractivity (Wildman–Crippen MR) is 94.1 cm³/mol. The maximum absolute atomic E-state index is 3.70. The molecule has 1 N–H and O–H groups in total. The van der Waals surface area contributed by atoms with Crippen molar-refractivity contribution in [2.45, 2.75) is 44.7 Å². The number of benzene rings is 2. The maximum Gasteiger partial charge on any atom is 0.0297 e. The molecule has 0 saturated carbocycles. The average molecular weight is 299 g/mol. The summed E-state index contributed by atoms with van der Waals surface area (Å²) in [4.78, 5) is 1.31. The van der Waals surface area contributed by atoms with Crippen molar-refractivity contribution < 1.29 is 0 Å². The number of hydrogen-bond acceptors (Lipinski definition) is 2. The SMILES string of the molecule is CSc1ccc(C(C)NC(C)c2cc(C)cc(C)c2)cc1. The van der Waals surface area contributed by atoms with Crippen molar-refractivity contribution in [2.24, 2.45) is 0 Å². The van der Waals surface area contributed by atoms with Crippen LogP contribution in [0.3, 0.4) is 0 Å². The van der Waals surface area contributed by atoms with Gasteiger partial charge in [-0.3, -0.25) is 0 Å². The monoisotopic (exact) mass is 299 g/mol. The summed E-state index contributed by atoms with van der Waals surface area (Å²) in [5.41, 5.74) is 5.36. The first-order valence-electron chi connectivity index (χ1n) is 7.48. The van der Waals surface area contributed by atoms with E-state index in [0.717, 1.165) is 0 Å². The van der Waals surface area contributed by atoms with Crippen molar-refractivity contribution in [1.82, 2.24) is 5.32 Å². The molecule has 0 amide bonds. The van der Waals surface area contributed by atoms with Gasteiger partial charge in [-0.1, -0.05) is 41.5 Å². The lowest BCUT2D eigenvalue weighted by Crippen LogP contribution is -2.22. The molecule has 0 aliphatic rings. The van der Waals surface area contributed by atoms with Gasteiger partial charge >= 0.3 is 0 Å². The second-order valence-electron chi connectivity index (χ2n) is 5.80. The first-order chi connectivity index (χ1) is 9.99. The second kappa shape index (κ2) is 7.15. The molecule has 0 heterocycles. The van der Waals surface area contributed by atoms with Crippen molar-refractivity contribution in [1.29, 1.82) is 0 Å². The van der Waals surface area contributed by atoms with Crippen molar-refractivity contribution in [3.8, 4) is 0 Å². The van der Waals surface area contributed by atoms with E-state index >= 15 is 0 Å². The number of rotatable bonds is 5. The number of aryl methyl sites for hydroxylation is 2. The van der Waals surface area contributed by atoms with E-state index in [1.807, 2.05) is 0 Å². The van der Waals surface area contributed by atoms with Crippen LogP contribution >= 0.6 is 11.8 Å². The van der Waals surface area contributed by atoms with Gasteiger partial charge in [-0.05, 0) is 57.2 Å². The van der Waals surface area contributed by atoms with Crippen LogP contribution in [0, 0.1) is 13.8 Å². The number of hydrogen-bond donors (Lipinski definition) is 1. The van der Waals surface area contributed by atoms with E-state index in [1.165, 1.54) is 27.1 Å². The van der Waals surface area contributed by atoms with E-state index in [2.05, 4.69) is 81.7 Å². The molecule has 2 aromatic rings. The molecule has 0 aliphatic carbocycles. The summed E-state index contributed by atoms with van der Waals surface area (Å²) in [6.45, 7) is 8.79. The largest absolute Gasteiger partial charge is 0.304 e. The van der Waals surface area contributed by atoms with E-state index in [9.17, 15) is 0 Å². The predicted octanol–water partition coefficient (Wildman–Crippen LogP) is 5.44. The fourth-order valence-corrected chi connectivity index (χ4v) is 3.13. The Labute approximate surface area is 133 Å². The Balaban J connectivity index is 2.08. The lowest BCUT2D eigenvalue weighted by molar-refractivity contribution is 0.494. The molecule has 2 unspecified atom stereocenters. The van der Waals surface area contributed by atoms with E-state index < -0.39 is 0 Å². The minimum absolute atomic E-state index is 0.344. The van der Waals surface area contributed by atoms with E-state index in [-0.39, 0.29) is 0 Å². The lowest BCUT2D eigenvalue weighted by Gasteiger charge is -2.21. The molecule has 0 radical (unpaired) electrons. The minimum Gasteiger partial charge on any atom is -0.304 e. The molecule has 0 fully saturated rings. The highest BCUT2D eigenvalue weighted by molar-refractivity contribution is 7.98. The summed E-state index contributed by atoms with van der Waals surface area (Å²) in [6.07, 6.45) is 2.11. The molecule has 2 rings (SSSR count). The van der Waals surface area contributed by atoms with Crippen LogP contribution in [-0.2, 0) is 0 Å². The summed E-state index contributed by atoms with van der Waals surface area (Å²) in [5.74, 6) is 0. The van der Waals surface area contributed by atoms with Gasteiger partial charge in [0.15, 0.2) is 0 Å². The van der Waals surface area contributed by atoms with Gasteiger partial charge in [-0.15, -0.1) is 11.8 Å². The van der Waals surface area contributed by atoms with E-state index in [1.54, 1.807) is 11.8 Å². The first kappa shape index (κ1) is 16.1. The van der Waals surface area contributed by atoms with Crippen molar-refractivity contribution in [3.63, 3.8) is 0 Å². The van der Waals surface area contributed by atoms with Gasteiger partial charge in [-0.2, -0.15) is 0 Å². The fourth-order valence-electron chi connectivity index (χ4n) is 2.72. The molecule has 0 aliphatic heterocycles. The van der Waals surface area contributed by atoms with Crippen LogP contribution in [0.1, 0.15) is 48.2 Å². The normalized spacial score (nSPS) is 14.0. The highest BCUT2D eigenvalue weighted by atomic mass is 32.2. The Morgan fingerprint density at radius 2 is 1.33 bits per heavy atom. The van der Waals surface area contributed by atoms with Gasteiger partial charge in [0.05, 0.1) is 0 Å². The molecule has 2 aromatic carbocycles. The van der Waals surface area contributed by atoms with Gasteiger partial charge in [0.1, 0.15) is 0 Å². The summed E-state index contributed by atoms with van der Waals surface area (Å²) in [5, 5.41) is 3.70. The number of nitrogens with one attached hydrogen (secondary N) is 1. The van der Waals surface area contributed by atoms with Crippen LogP contribution in [0.2, 0.25) is 0 Å². The first-order valence-corrected chi connectivity index (χ1v) is 8.70. The van der Waals surface area contributed by atoms with Crippen molar-refractivity contribution >= 4 is 11.8 Å². The van der Waals surface area contributed by atoms with Gasteiger partial charge in [-0.25, -0.2) is 0 Å². The Bertz CT molecular complexity index is 569. The van der Waals surface area contributed by atoms with Crippen molar-refractivity contribution in [2.75, 3.05) is 6.26 Å². The van der Waals surface area contributed by atoms with Gasteiger partial charge in [0.2, 0.25) is 0 Å². The zero-order valence-corrected chi connectivity index (χ0v) is 14.4. The van der Waals surface area contributed by atoms with Gasteiger partial charge < -0.3 is 5.32 Å².